The van der Waals surface area contributed by atoms with Crippen LogP contribution in [0.25, 0.3) is 21.8 Å². The second-order valence-electron chi connectivity index (χ2n) is 3.22. The standard InChI is InChI=1S/C12H8N2.2CN.Pt/c1-3-9-5-6-10-4-2-8-14-12(10)11(9)13-7-1;2*1-2;/h1-8H;;;/q;2*-1;+2. The number of aromatic nitrogens is 2. The van der Waals surface area contributed by atoms with Crippen LogP contribution in [0.2, 0.25) is 0 Å². The topological polar surface area (TPSA) is 73.4 Å². The Balaban J connectivity index is 0.000000597. The van der Waals surface area contributed by atoms with Gasteiger partial charge in [-0.05, 0) is 12.1 Å². The molecule has 4 nitrogen and oxygen atoms in total. The molecule has 0 bridgehead atoms. The summed E-state index contributed by atoms with van der Waals surface area (Å²) >= 11 is 0. The predicted octanol–water partition coefficient (Wildman–Crippen LogP) is 2.97. The van der Waals surface area contributed by atoms with Crippen LogP contribution in [0.4, 0.5) is 0 Å². The number of hydrogen-bond acceptors (Lipinski definition) is 4. The molecule has 19 heavy (non-hydrogen) atoms. The van der Waals surface area contributed by atoms with Crippen molar-refractivity contribution in [1.29, 1.82) is 10.5 Å². The average molecular weight is 427 g/mol. The predicted molar refractivity (Wildman–Crippen MR) is 67.0 cm³/mol. The van der Waals surface area contributed by atoms with Crippen molar-refractivity contribution in [2.45, 2.75) is 0 Å². The van der Waals surface area contributed by atoms with Crippen molar-refractivity contribution >= 4 is 21.8 Å². The minimum absolute atomic E-state index is 0. The van der Waals surface area contributed by atoms with Crippen LogP contribution in [-0.2, 0) is 21.1 Å². The van der Waals surface area contributed by atoms with Gasteiger partial charge in [0.1, 0.15) is 0 Å². The molecule has 0 N–H and O–H groups in total. The van der Waals surface area contributed by atoms with Gasteiger partial charge in [0.25, 0.3) is 0 Å². The monoisotopic (exact) mass is 427 g/mol. The number of rotatable bonds is 0. The van der Waals surface area contributed by atoms with E-state index in [1.54, 1.807) is 12.4 Å². The van der Waals surface area contributed by atoms with Gasteiger partial charge in [-0.3, -0.25) is 9.97 Å². The Bertz CT molecular complexity index is 631. The molecule has 0 unspecified atom stereocenters. The fourth-order valence-electron chi connectivity index (χ4n) is 1.68. The molecule has 0 aliphatic rings. The van der Waals surface area contributed by atoms with Gasteiger partial charge < -0.3 is 23.7 Å². The van der Waals surface area contributed by atoms with Crippen molar-refractivity contribution in [3.63, 3.8) is 0 Å². The van der Waals surface area contributed by atoms with E-state index in [0.717, 1.165) is 21.8 Å². The van der Waals surface area contributed by atoms with Gasteiger partial charge in [-0.1, -0.05) is 24.3 Å². The van der Waals surface area contributed by atoms with Gasteiger partial charge in [0.15, 0.2) is 0 Å². The molecule has 94 valence electrons. The van der Waals surface area contributed by atoms with Gasteiger partial charge in [0, 0.05) is 23.2 Å². The maximum absolute atomic E-state index is 6.25. The molecule has 0 aliphatic heterocycles. The molecule has 0 fully saturated rings. The quantitative estimate of drug-likeness (QED) is 0.409. The first-order valence-corrected chi connectivity index (χ1v) is 4.98. The van der Waals surface area contributed by atoms with Crippen molar-refractivity contribution < 1.29 is 21.1 Å². The fraction of sp³-hybridized carbons (Fsp3) is 0. The van der Waals surface area contributed by atoms with E-state index in [4.69, 9.17) is 23.7 Å². The van der Waals surface area contributed by atoms with E-state index in [-0.39, 0.29) is 21.1 Å². The molecular weight excluding hydrogens is 419 g/mol. The zero-order valence-corrected chi connectivity index (χ0v) is 12.0. The first-order chi connectivity index (χ1) is 8.95. The van der Waals surface area contributed by atoms with Crippen molar-refractivity contribution in [3.8, 4) is 0 Å². The summed E-state index contributed by atoms with van der Waals surface area (Å²) in [5.74, 6) is 0. The third-order valence-corrected chi connectivity index (χ3v) is 2.34. The Kier molecular flexibility index (Phi) is 7.69. The van der Waals surface area contributed by atoms with E-state index < -0.39 is 0 Å². The Morgan fingerprint density at radius 1 is 0.684 bits per heavy atom. The van der Waals surface area contributed by atoms with Crippen molar-refractivity contribution in [3.05, 3.63) is 61.9 Å². The van der Waals surface area contributed by atoms with E-state index in [0.29, 0.717) is 0 Å². The minimum Gasteiger partial charge on any atom is -0.512 e. The van der Waals surface area contributed by atoms with Gasteiger partial charge >= 0.3 is 21.1 Å². The molecule has 2 heterocycles. The molecule has 3 rings (SSSR count). The second kappa shape index (κ2) is 8.75. The largest absolute Gasteiger partial charge is 2.00 e. The first-order valence-electron chi connectivity index (χ1n) is 4.98. The summed E-state index contributed by atoms with van der Waals surface area (Å²) in [6, 6.07) is 12.1. The zero-order chi connectivity index (χ0) is 13.4. The van der Waals surface area contributed by atoms with E-state index in [2.05, 4.69) is 34.2 Å². The number of pyridine rings is 2. The Labute approximate surface area is 125 Å². The van der Waals surface area contributed by atoms with Gasteiger partial charge in [0.05, 0.1) is 11.0 Å². The van der Waals surface area contributed by atoms with Gasteiger partial charge in [-0.2, -0.15) is 0 Å². The van der Waals surface area contributed by atoms with Gasteiger partial charge in [-0.15, -0.1) is 0 Å². The molecule has 0 amide bonds. The molecule has 2 aromatic heterocycles. The van der Waals surface area contributed by atoms with Crippen LogP contribution in [0.3, 0.4) is 0 Å². The Morgan fingerprint density at radius 2 is 1.05 bits per heavy atom. The summed E-state index contributed by atoms with van der Waals surface area (Å²) in [6.45, 7) is 9.50. The van der Waals surface area contributed by atoms with Crippen molar-refractivity contribution in [2.24, 2.45) is 0 Å². The molecule has 5 heteroatoms. The van der Waals surface area contributed by atoms with Crippen molar-refractivity contribution in [2.75, 3.05) is 0 Å². The van der Waals surface area contributed by atoms with E-state index in [9.17, 15) is 0 Å². The molecule has 0 saturated heterocycles. The number of nitrogens with zero attached hydrogens (tertiary/aromatic N) is 4. The van der Waals surface area contributed by atoms with E-state index in [1.807, 2.05) is 12.1 Å². The minimum atomic E-state index is 0. The third-order valence-electron chi connectivity index (χ3n) is 2.34. The summed E-state index contributed by atoms with van der Waals surface area (Å²) in [6.07, 6.45) is 3.60. The van der Waals surface area contributed by atoms with Gasteiger partial charge in [0.2, 0.25) is 0 Å². The average Bonchev–Trinajstić information content (AvgIpc) is 2.51. The fourth-order valence-corrected chi connectivity index (χ4v) is 1.68. The van der Waals surface area contributed by atoms with Crippen LogP contribution < -0.4 is 0 Å². The van der Waals surface area contributed by atoms with Crippen LogP contribution >= 0.6 is 0 Å². The smallest absolute Gasteiger partial charge is 0.512 e. The Hall–Kier alpha value is -2.29. The third kappa shape index (κ3) is 3.58. The summed E-state index contributed by atoms with van der Waals surface area (Å²) in [7, 11) is 0. The first kappa shape index (κ1) is 16.7. The molecule has 0 aliphatic carbocycles. The maximum atomic E-state index is 6.25. The number of fused-ring (bicyclic) bond motifs is 3. The maximum Gasteiger partial charge on any atom is 2.00 e. The second-order valence-corrected chi connectivity index (χ2v) is 3.22. The molecule has 0 radical (unpaired) electrons. The van der Waals surface area contributed by atoms with Crippen LogP contribution in [0.1, 0.15) is 0 Å². The molecule has 1 aromatic carbocycles. The summed E-state index contributed by atoms with van der Waals surface area (Å²) in [5, 5.41) is 14.8. The number of benzene rings is 1. The summed E-state index contributed by atoms with van der Waals surface area (Å²) in [5.41, 5.74) is 1.95. The summed E-state index contributed by atoms with van der Waals surface area (Å²) in [4.78, 5) is 8.69. The zero-order valence-electron chi connectivity index (χ0n) is 9.72. The molecule has 0 atom stereocenters. The van der Waals surface area contributed by atoms with Gasteiger partial charge in [-0.25, -0.2) is 0 Å². The molecule has 3 aromatic rings. The normalized spacial score (nSPS) is 8.21. The van der Waals surface area contributed by atoms with E-state index in [1.165, 1.54) is 0 Å². The molecular formula is C14H8N4Pt. The number of hydrogen-bond donors (Lipinski definition) is 0. The van der Waals surface area contributed by atoms with Crippen LogP contribution in [0.5, 0.6) is 0 Å². The van der Waals surface area contributed by atoms with Crippen LogP contribution in [0, 0.1) is 23.7 Å². The van der Waals surface area contributed by atoms with Crippen molar-refractivity contribution in [1.82, 2.24) is 9.97 Å². The Morgan fingerprint density at radius 3 is 1.42 bits per heavy atom. The SMILES string of the molecule is [C-]#N.[C-]#N.[Pt+2].c1cnc2c(c1)ccc1cccnc12. The molecule has 0 spiro atoms. The van der Waals surface area contributed by atoms with Crippen LogP contribution in [-0.4, -0.2) is 9.97 Å². The molecule has 0 saturated carbocycles. The van der Waals surface area contributed by atoms with Crippen LogP contribution in [0.15, 0.2) is 48.8 Å². The van der Waals surface area contributed by atoms with E-state index >= 15 is 0 Å². The summed E-state index contributed by atoms with van der Waals surface area (Å²) < 4.78 is 0.